The van der Waals surface area contributed by atoms with Crippen molar-refractivity contribution in [2.75, 3.05) is 24.6 Å². The van der Waals surface area contributed by atoms with Crippen molar-refractivity contribution in [3.05, 3.63) is 47.4 Å². The molecule has 1 fully saturated rings. The van der Waals surface area contributed by atoms with Crippen LogP contribution < -0.4 is 9.64 Å². The van der Waals surface area contributed by atoms with E-state index in [0.717, 1.165) is 37.7 Å². The first-order valence-electron chi connectivity index (χ1n) is 7.65. The summed E-state index contributed by atoms with van der Waals surface area (Å²) < 4.78 is 5.89. The third-order valence-electron chi connectivity index (χ3n) is 3.87. The zero-order chi connectivity index (χ0) is 15.4. The second-order valence-corrected chi connectivity index (χ2v) is 6.06. The quantitative estimate of drug-likeness (QED) is 0.805. The standard InChI is InChI=1S/C17H20ClN3O/c1-13-19-16(18)10-17(20-13)21-9-5-6-14(11-21)12-22-15-7-3-2-4-8-15/h2-4,7-8,10,14H,5-6,9,11-12H2,1H3. The molecule has 0 spiro atoms. The van der Waals surface area contributed by atoms with Crippen LogP contribution in [0.3, 0.4) is 0 Å². The molecule has 2 heterocycles. The number of piperidine rings is 1. The summed E-state index contributed by atoms with van der Waals surface area (Å²) in [4.78, 5) is 10.9. The average molecular weight is 318 g/mol. The molecule has 0 bridgehead atoms. The molecule has 1 aliphatic heterocycles. The summed E-state index contributed by atoms with van der Waals surface area (Å²) in [5, 5.41) is 0.505. The molecule has 0 N–H and O–H groups in total. The Morgan fingerprint density at radius 2 is 2.09 bits per heavy atom. The highest BCUT2D eigenvalue weighted by molar-refractivity contribution is 6.29. The molecule has 0 aliphatic carbocycles. The summed E-state index contributed by atoms with van der Waals surface area (Å²) in [6, 6.07) is 11.8. The van der Waals surface area contributed by atoms with Gasteiger partial charge in [0.25, 0.3) is 0 Å². The number of para-hydroxylation sites is 1. The van der Waals surface area contributed by atoms with Crippen LogP contribution in [0, 0.1) is 12.8 Å². The van der Waals surface area contributed by atoms with E-state index in [1.165, 1.54) is 6.42 Å². The second-order valence-electron chi connectivity index (χ2n) is 5.67. The van der Waals surface area contributed by atoms with E-state index in [9.17, 15) is 0 Å². The third-order valence-corrected chi connectivity index (χ3v) is 4.06. The normalized spacial score (nSPS) is 18.3. The monoisotopic (exact) mass is 317 g/mol. The number of aromatic nitrogens is 2. The Labute approximate surface area is 136 Å². The van der Waals surface area contributed by atoms with Crippen molar-refractivity contribution in [2.24, 2.45) is 5.92 Å². The Bertz CT molecular complexity index is 600. The van der Waals surface area contributed by atoms with E-state index in [1.54, 1.807) is 0 Å². The lowest BCUT2D eigenvalue weighted by Gasteiger charge is -2.33. The Balaban J connectivity index is 1.61. The molecular formula is C17H20ClN3O. The molecule has 5 heteroatoms. The summed E-state index contributed by atoms with van der Waals surface area (Å²) >= 11 is 6.04. The number of benzene rings is 1. The van der Waals surface area contributed by atoms with Crippen molar-refractivity contribution in [3.63, 3.8) is 0 Å². The molecule has 0 saturated carbocycles. The van der Waals surface area contributed by atoms with Crippen LogP contribution in [-0.2, 0) is 0 Å². The minimum atomic E-state index is 0.503. The summed E-state index contributed by atoms with van der Waals surface area (Å²) in [6.07, 6.45) is 2.32. The van der Waals surface area contributed by atoms with E-state index in [2.05, 4.69) is 14.9 Å². The lowest BCUT2D eigenvalue weighted by molar-refractivity contribution is 0.228. The molecule has 0 amide bonds. The predicted molar refractivity (Wildman–Crippen MR) is 88.7 cm³/mol. The summed E-state index contributed by atoms with van der Waals surface area (Å²) in [5.74, 6) is 3.07. The molecule has 1 aliphatic rings. The van der Waals surface area contributed by atoms with Gasteiger partial charge >= 0.3 is 0 Å². The molecule has 1 atom stereocenters. The van der Waals surface area contributed by atoms with Crippen LogP contribution in [0.5, 0.6) is 5.75 Å². The zero-order valence-electron chi connectivity index (χ0n) is 12.7. The molecule has 3 rings (SSSR count). The number of hydrogen-bond acceptors (Lipinski definition) is 4. The molecule has 4 nitrogen and oxygen atoms in total. The van der Waals surface area contributed by atoms with E-state index >= 15 is 0 Å². The Kier molecular flexibility index (Phi) is 4.78. The highest BCUT2D eigenvalue weighted by Gasteiger charge is 2.22. The predicted octanol–water partition coefficient (Wildman–Crippen LogP) is 3.73. The fourth-order valence-corrected chi connectivity index (χ4v) is 3.04. The van der Waals surface area contributed by atoms with Crippen molar-refractivity contribution < 1.29 is 4.74 Å². The third kappa shape index (κ3) is 3.89. The number of ether oxygens (including phenoxy) is 1. The first-order chi connectivity index (χ1) is 10.7. The first-order valence-corrected chi connectivity index (χ1v) is 8.02. The lowest BCUT2D eigenvalue weighted by Crippen LogP contribution is -2.38. The lowest BCUT2D eigenvalue weighted by atomic mass is 9.99. The van der Waals surface area contributed by atoms with E-state index < -0.39 is 0 Å². The Morgan fingerprint density at radius 3 is 2.86 bits per heavy atom. The van der Waals surface area contributed by atoms with Crippen LogP contribution in [0.15, 0.2) is 36.4 Å². The molecule has 0 radical (unpaired) electrons. The maximum Gasteiger partial charge on any atom is 0.134 e. The van der Waals surface area contributed by atoms with Gasteiger partial charge in [-0.15, -0.1) is 0 Å². The molecule has 1 aromatic carbocycles. The fraction of sp³-hybridized carbons (Fsp3) is 0.412. The number of hydrogen-bond donors (Lipinski definition) is 0. The number of nitrogens with zero attached hydrogens (tertiary/aromatic N) is 3. The average Bonchev–Trinajstić information content (AvgIpc) is 2.53. The van der Waals surface area contributed by atoms with Crippen LogP contribution in [-0.4, -0.2) is 29.7 Å². The minimum Gasteiger partial charge on any atom is -0.493 e. The van der Waals surface area contributed by atoms with Crippen LogP contribution in [0.1, 0.15) is 18.7 Å². The van der Waals surface area contributed by atoms with E-state index in [-0.39, 0.29) is 0 Å². The van der Waals surface area contributed by atoms with Gasteiger partial charge in [0.15, 0.2) is 0 Å². The SMILES string of the molecule is Cc1nc(Cl)cc(N2CCCC(COc3ccccc3)C2)n1. The largest absolute Gasteiger partial charge is 0.493 e. The van der Waals surface area contributed by atoms with Gasteiger partial charge in [0.2, 0.25) is 0 Å². The molecule has 1 unspecified atom stereocenters. The van der Waals surface area contributed by atoms with E-state index in [4.69, 9.17) is 16.3 Å². The van der Waals surface area contributed by atoms with Crippen LogP contribution in [0.25, 0.3) is 0 Å². The van der Waals surface area contributed by atoms with Gasteiger partial charge in [-0.05, 0) is 31.9 Å². The van der Waals surface area contributed by atoms with Crippen molar-refractivity contribution in [3.8, 4) is 5.75 Å². The van der Waals surface area contributed by atoms with Gasteiger partial charge < -0.3 is 9.64 Å². The number of halogens is 1. The maximum atomic E-state index is 6.04. The molecule has 1 saturated heterocycles. The van der Waals surface area contributed by atoms with Crippen molar-refractivity contribution in [1.82, 2.24) is 9.97 Å². The summed E-state index contributed by atoms with van der Waals surface area (Å²) in [6.45, 7) is 4.56. The van der Waals surface area contributed by atoms with Crippen molar-refractivity contribution in [2.45, 2.75) is 19.8 Å². The van der Waals surface area contributed by atoms with Gasteiger partial charge in [-0.3, -0.25) is 0 Å². The molecule has 22 heavy (non-hydrogen) atoms. The molecule has 1 aromatic heterocycles. The smallest absolute Gasteiger partial charge is 0.134 e. The second kappa shape index (κ2) is 6.97. The van der Waals surface area contributed by atoms with Crippen LogP contribution >= 0.6 is 11.6 Å². The van der Waals surface area contributed by atoms with Crippen molar-refractivity contribution >= 4 is 17.4 Å². The molecule has 116 valence electrons. The first kappa shape index (κ1) is 15.1. The number of anilines is 1. The summed E-state index contributed by atoms with van der Waals surface area (Å²) in [7, 11) is 0. The van der Waals surface area contributed by atoms with Crippen LogP contribution in [0.4, 0.5) is 5.82 Å². The number of aryl methyl sites for hydroxylation is 1. The molecular weight excluding hydrogens is 298 g/mol. The maximum absolute atomic E-state index is 6.04. The van der Waals surface area contributed by atoms with Gasteiger partial charge in [0, 0.05) is 25.1 Å². The van der Waals surface area contributed by atoms with Gasteiger partial charge in [0.05, 0.1) is 6.61 Å². The van der Waals surface area contributed by atoms with E-state index in [0.29, 0.717) is 16.9 Å². The van der Waals surface area contributed by atoms with Gasteiger partial charge in [-0.25, -0.2) is 9.97 Å². The van der Waals surface area contributed by atoms with Gasteiger partial charge in [-0.2, -0.15) is 0 Å². The molecule has 2 aromatic rings. The fourth-order valence-electron chi connectivity index (χ4n) is 2.82. The van der Waals surface area contributed by atoms with Gasteiger partial charge in [0.1, 0.15) is 22.5 Å². The van der Waals surface area contributed by atoms with Crippen LogP contribution in [0.2, 0.25) is 5.15 Å². The Hall–Kier alpha value is -1.81. The van der Waals surface area contributed by atoms with Gasteiger partial charge in [-0.1, -0.05) is 29.8 Å². The van der Waals surface area contributed by atoms with Crippen molar-refractivity contribution in [1.29, 1.82) is 0 Å². The topological polar surface area (TPSA) is 38.2 Å². The Morgan fingerprint density at radius 1 is 1.27 bits per heavy atom. The van der Waals surface area contributed by atoms with E-state index in [1.807, 2.05) is 43.3 Å². The summed E-state index contributed by atoms with van der Waals surface area (Å²) in [5.41, 5.74) is 0. The highest BCUT2D eigenvalue weighted by Crippen LogP contribution is 2.24. The zero-order valence-corrected chi connectivity index (χ0v) is 13.5. The number of rotatable bonds is 4. The minimum absolute atomic E-state index is 0.503. The highest BCUT2D eigenvalue weighted by atomic mass is 35.5.